The molecule has 3 atom stereocenters. The number of hydrogen-bond donors (Lipinski definition) is 1. The number of anilines is 1. The molecule has 8 nitrogen and oxygen atoms in total. The first-order valence-corrected chi connectivity index (χ1v) is 10.8. The molecule has 3 amide bonds. The van der Waals surface area contributed by atoms with E-state index in [1.807, 2.05) is 45.0 Å². The molecule has 1 aromatic carbocycles. The van der Waals surface area contributed by atoms with E-state index in [2.05, 4.69) is 5.32 Å². The van der Waals surface area contributed by atoms with Crippen LogP contribution in [-0.2, 0) is 14.4 Å². The molecular formula is C23H32N4O4. The molecule has 0 saturated carbocycles. The van der Waals surface area contributed by atoms with Crippen molar-refractivity contribution in [2.24, 2.45) is 5.92 Å². The van der Waals surface area contributed by atoms with Crippen LogP contribution in [-0.4, -0.2) is 78.6 Å². The Morgan fingerprint density at radius 1 is 1.13 bits per heavy atom. The Labute approximate surface area is 183 Å². The number of fused-ring (bicyclic) bond motifs is 1. The van der Waals surface area contributed by atoms with Crippen LogP contribution in [0.3, 0.4) is 0 Å². The smallest absolute Gasteiger partial charge is 0.251 e. The standard InChI is InChI=1S/C23H32N4O4/c1-14(2)12-18(24-22(30)16-6-8-17(9-7-16)25(4)5)23(31)26-11-10-19-21(26)20(29)13-27(19)15(3)28/h6-9,14,18-19,21H,10-13H2,1-5H3,(H,24,30)/t18-,19?,21?/m0/s1. The minimum Gasteiger partial charge on any atom is -0.378 e. The van der Waals surface area contributed by atoms with Gasteiger partial charge in [-0.15, -0.1) is 0 Å². The highest BCUT2D eigenvalue weighted by Crippen LogP contribution is 2.30. The lowest BCUT2D eigenvalue weighted by molar-refractivity contribution is -0.138. The van der Waals surface area contributed by atoms with Crippen LogP contribution in [0.5, 0.6) is 0 Å². The SMILES string of the molecule is CC(=O)N1CC(=O)C2C1CCN2C(=O)[C@H](CC(C)C)NC(=O)c1ccc(N(C)C)cc1. The maximum Gasteiger partial charge on any atom is 0.251 e. The summed E-state index contributed by atoms with van der Waals surface area (Å²) in [6.45, 7) is 5.88. The summed E-state index contributed by atoms with van der Waals surface area (Å²) < 4.78 is 0. The van der Waals surface area contributed by atoms with Crippen molar-refractivity contribution in [1.82, 2.24) is 15.1 Å². The molecule has 31 heavy (non-hydrogen) atoms. The molecule has 0 aromatic heterocycles. The summed E-state index contributed by atoms with van der Waals surface area (Å²) >= 11 is 0. The van der Waals surface area contributed by atoms with Crippen molar-refractivity contribution in [3.8, 4) is 0 Å². The highest BCUT2D eigenvalue weighted by molar-refractivity contribution is 6.00. The van der Waals surface area contributed by atoms with Crippen molar-refractivity contribution in [3.05, 3.63) is 29.8 Å². The fourth-order valence-corrected chi connectivity index (χ4v) is 4.51. The van der Waals surface area contributed by atoms with E-state index in [0.29, 0.717) is 24.9 Å². The normalized spacial score (nSPS) is 21.3. The average Bonchev–Trinajstić information content (AvgIpc) is 3.28. The van der Waals surface area contributed by atoms with Crippen LogP contribution in [0.25, 0.3) is 0 Å². The van der Waals surface area contributed by atoms with E-state index in [1.165, 1.54) is 6.92 Å². The van der Waals surface area contributed by atoms with Gasteiger partial charge in [0.25, 0.3) is 5.91 Å². The molecule has 0 bridgehead atoms. The van der Waals surface area contributed by atoms with Crippen LogP contribution in [0.4, 0.5) is 5.69 Å². The summed E-state index contributed by atoms with van der Waals surface area (Å²) in [5.41, 5.74) is 1.45. The number of nitrogens with zero attached hydrogens (tertiary/aromatic N) is 3. The molecule has 1 aromatic rings. The van der Waals surface area contributed by atoms with Gasteiger partial charge >= 0.3 is 0 Å². The highest BCUT2D eigenvalue weighted by atomic mass is 16.2. The van der Waals surface area contributed by atoms with Gasteiger partial charge in [-0.1, -0.05) is 13.8 Å². The number of likely N-dealkylation sites (tertiary alicyclic amines) is 2. The number of hydrogen-bond acceptors (Lipinski definition) is 5. The molecule has 168 valence electrons. The Balaban J connectivity index is 1.76. The summed E-state index contributed by atoms with van der Waals surface area (Å²) in [6.07, 6.45) is 1.05. The van der Waals surface area contributed by atoms with Gasteiger partial charge in [-0.05, 0) is 43.0 Å². The number of benzene rings is 1. The molecule has 2 aliphatic heterocycles. The largest absolute Gasteiger partial charge is 0.378 e. The molecule has 2 aliphatic rings. The van der Waals surface area contributed by atoms with E-state index < -0.39 is 12.1 Å². The number of amides is 3. The lowest BCUT2D eigenvalue weighted by Gasteiger charge is -2.29. The fourth-order valence-electron chi connectivity index (χ4n) is 4.51. The third-order valence-corrected chi connectivity index (χ3v) is 6.07. The van der Waals surface area contributed by atoms with E-state index in [1.54, 1.807) is 21.9 Å². The quantitative estimate of drug-likeness (QED) is 0.738. The van der Waals surface area contributed by atoms with E-state index >= 15 is 0 Å². The van der Waals surface area contributed by atoms with Crippen LogP contribution in [0.2, 0.25) is 0 Å². The number of rotatable bonds is 6. The van der Waals surface area contributed by atoms with E-state index in [9.17, 15) is 19.2 Å². The van der Waals surface area contributed by atoms with Crippen LogP contribution in [0.1, 0.15) is 44.0 Å². The van der Waals surface area contributed by atoms with Gasteiger partial charge in [0.2, 0.25) is 11.8 Å². The van der Waals surface area contributed by atoms with Crippen molar-refractivity contribution in [3.63, 3.8) is 0 Å². The van der Waals surface area contributed by atoms with Gasteiger partial charge in [0.1, 0.15) is 12.1 Å². The molecule has 2 unspecified atom stereocenters. The highest BCUT2D eigenvalue weighted by Gasteiger charge is 2.51. The molecule has 1 N–H and O–H groups in total. The summed E-state index contributed by atoms with van der Waals surface area (Å²) in [6, 6.07) is 5.58. The topological polar surface area (TPSA) is 90.0 Å². The summed E-state index contributed by atoms with van der Waals surface area (Å²) in [4.78, 5) is 55.8. The molecule has 2 saturated heterocycles. The molecule has 0 spiro atoms. The first kappa shape index (κ1) is 22.8. The monoisotopic (exact) mass is 428 g/mol. The third-order valence-electron chi connectivity index (χ3n) is 6.07. The van der Waals surface area contributed by atoms with E-state index in [0.717, 1.165) is 5.69 Å². The first-order chi connectivity index (χ1) is 14.6. The van der Waals surface area contributed by atoms with Crippen molar-refractivity contribution in [2.75, 3.05) is 32.1 Å². The van der Waals surface area contributed by atoms with Gasteiger partial charge in [0.15, 0.2) is 5.78 Å². The van der Waals surface area contributed by atoms with E-state index in [4.69, 9.17) is 0 Å². The van der Waals surface area contributed by atoms with Gasteiger partial charge in [-0.3, -0.25) is 19.2 Å². The molecule has 2 fully saturated rings. The zero-order chi connectivity index (χ0) is 22.9. The zero-order valence-corrected chi connectivity index (χ0v) is 18.9. The minimum absolute atomic E-state index is 0.0495. The minimum atomic E-state index is -0.723. The molecule has 8 heteroatoms. The van der Waals surface area contributed by atoms with Gasteiger partial charge < -0.3 is 20.0 Å². The lowest BCUT2D eigenvalue weighted by Crippen LogP contribution is -2.53. The Morgan fingerprint density at radius 3 is 2.32 bits per heavy atom. The van der Waals surface area contributed by atoms with Gasteiger partial charge in [-0.2, -0.15) is 0 Å². The predicted octanol–water partition coefficient (Wildman–Crippen LogP) is 1.30. The number of carbonyl (C=O) groups is 4. The second-order valence-electron chi connectivity index (χ2n) is 9.04. The second kappa shape index (κ2) is 9.08. The second-order valence-corrected chi connectivity index (χ2v) is 9.04. The van der Waals surface area contributed by atoms with Crippen LogP contribution >= 0.6 is 0 Å². The van der Waals surface area contributed by atoms with Crippen LogP contribution in [0, 0.1) is 5.92 Å². The Kier molecular flexibility index (Phi) is 6.67. The molecule has 2 heterocycles. The predicted molar refractivity (Wildman–Crippen MR) is 118 cm³/mol. The summed E-state index contributed by atoms with van der Waals surface area (Å²) in [5, 5.41) is 2.88. The number of carbonyl (C=O) groups excluding carboxylic acids is 4. The molecular weight excluding hydrogens is 396 g/mol. The number of Topliss-reactive ketones (excluding diaryl/α,β-unsaturated/α-hetero) is 1. The maximum atomic E-state index is 13.4. The zero-order valence-electron chi connectivity index (χ0n) is 18.9. The lowest BCUT2D eigenvalue weighted by atomic mass is 10.0. The van der Waals surface area contributed by atoms with Gasteiger partial charge in [0, 0.05) is 38.8 Å². The van der Waals surface area contributed by atoms with Crippen molar-refractivity contribution < 1.29 is 19.2 Å². The fraction of sp³-hybridized carbons (Fsp3) is 0.565. The Bertz CT molecular complexity index is 865. The molecule has 0 aliphatic carbocycles. The van der Waals surface area contributed by atoms with Gasteiger partial charge in [-0.25, -0.2) is 0 Å². The van der Waals surface area contributed by atoms with Crippen LogP contribution in [0.15, 0.2) is 24.3 Å². The van der Waals surface area contributed by atoms with Crippen LogP contribution < -0.4 is 10.2 Å². The third kappa shape index (κ3) is 4.73. The maximum absolute atomic E-state index is 13.4. The summed E-state index contributed by atoms with van der Waals surface area (Å²) in [5.74, 6) is -0.651. The molecule has 3 rings (SSSR count). The first-order valence-electron chi connectivity index (χ1n) is 10.8. The average molecular weight is 429 g/mol. The van der Waals surface area contributed by atoms with Crippen molar-refractivity contribution >= 4 is 29.2 Å². The number of ketones is 1. The van der Waals surface area contributed by atoms with Crippen molar-refractivity contribution in [1.29, 1.82) is 0 Å². The van der Waals surface area contributed by atoms with Gasteiger partial charge in [0.05, 0.1) is 12.6 Å². The van der Waals surface area contributed by atoms with Crippen molar-refractivity contribution in [2.45, 2.75) is 51.7 Å². The Morgan fingerprint density at radius 2 is 1.77 bits per heavy atom. The Hall–Kier alpha value is -2.90. The number of nitrogens with one attached hydrogen (secondary N) is 1. The molecule has 0 radical (unpaired) electrons. The van der Waals surface area contributed by atoms with E-state index in [-0.39, 0.29) is 42.0 Å². The summed E-state index contributed by atoms with van der Waals surface area (Å²) in [7, 11) is 3.85.